The Kier molecular flexibility index (Phi) is 3.04. The summed E-state index contributed by atoms with van der Waals surface area (Å²) in [6.07, 6.45) is 4.07. The maximum Gasteiger partial charge on any atom is 0.102 e. The molecule has 1 aliphatic rings. The molecular weight excluding hydrogens is 172 g/mol. The van der Waals surface area contributed by atoms with E-state index < -0.39 is 0 Å². The van der Waals surface area contributed by atoms with E-state index in [0.29, 0.717) is 0 Å². The molecule has 1 aliphatic heterocycles. The maximum absolute atomic E-state index is 3.98. The van der Waals surface area contributed by atoms with Crippen molar-refractivity contribution in [2.24, 2.45) is 0 Å². The van der Waals surface area contributed by atoms with Gasteiger partial charge in [0.15, 0.2) is 0 Å². The van der Waals surface area contributed by atoms with Crippen LogP contribution in [0.1, 0.15) is 24.8 Å². The van der Waals surface area contributed by atoms with Gasteiger partial charge in [0.25, 0.3) is 0 Å². The summed E-state index contributed by atoms with van der Waals surface area (Å²) in [4.78, 5) is 2.50. The van der Waals surface area contributed by atoms with Crippen molar-refractivity contribution in [3.63, 3.8) is 0 Å². The van der Waals surface area contributed by atoms with Crippen LogP contribution in [0.5, 0.6) is 0 Å². The molecule has 2 nitrogen and oxygen atoms in total. The van der Waals surface area contributed by atoms with Gasteiger partial charge in [0.05, 0.1) is 0 Å². The van der Waals surface area contributed by atoms with Crippen LogP contribution in [-0.2, 0) is 6.54 Å². The van der Waals surface area contributed by atoms with Gasteiger partial charge in [0, 0.05) is 24.3 Å². The summed E-state index contributed by atoms with van der Waals surface area (Å²) in [7, 11) is 0. The second-order valence-corrected chi connectivity index (χ2v) is 3.93. The molecule has 0 aliphatic carbocycles. The van der Waals surface area contributed by atoms with Crippen molar-refractivity contribution in [1.29, 1.82) is 0 Å². The number of nitrogens with zero attached hydrogens (tertiary/aromatic N) is 1. The largest absolute Gasteiger partial charge is 0.371 e. The Morgan fingerprint density at radius 2 is 1.79 bits per heavy atom. The van der Waals surface area contributed by atoms with Crippen LogP contribution in [0.15, 0.2) is 24.3 Å². The monoisotopic (exact) mass is 191 g/mol. The minimum Gasteiger partial charge on any atom is -0.371 e. The van der Waals surface area contributed by atoms with Crippen molar-refractivity contribution in [1.82, 2.24) is 0 Å². The van der Waals surface area contributed by atoms with Crippen molar-refractivity contribution in [2.45, 2.75) is 25.8 Å². The summed E-state index contributed by atoms with van der Waals surface area (Å²) in [5.41, 5.74) is 6.77. The fraction of sp³-hybridized carbons (Fsp3) is 0.500. The van der Waals surface area contributed by atoms with Crippen LogP contribution in [0.25, 0.3) is 0 Å². The normalized spacial score (nSPS) is 17.1. The maximum atomic E-state index is 3.98. The average molecular weight is 191 g/mol. The third-order valence-electron chi connectivity index (χ3n) is 2.96. The van der Waals surface area contributed by atoms with E-state index in [1.165, 1.54) is 43.6 Å². The first kappa shape index (κ1) is 9.53. The molecule has 1 fully saturated rings. The molecule has 0 atom stereocenters. The predicted molar refractivity (Wildman–Crippen MR) is 59.1 cm³/mol. The SMILES string of the molecule is [NH3+]Cc1ccccc1N1CCCCC1. The first-order valence-electron chi connectivity index (χ1n) is 5.54. The second kappa shape index (κ2) is 4.47. The minimum atomic E-state index is 0.896. The standard InChI is InChI=1S/C12H18N2/c13-10-11-6-2-3-7-12(11)14-8-4-1-5-9-14/h2-3,6-7H,1,4-5,8-10,13H2/p+1. The van der Waals surface area contributed by atoms with Gasteiger partial charge in [-0.3, -0.25) is 0 Å². The highest BCUT2D eigenvalue weighted by Gasteiger charge is 2.13. The highest BCUT2D eigenvalue weighted by Crippen LogP contribution is 2.23. The molecule has 1 aromatic carbocycles. The van der Waals surface area contributed by atoms with E-state index in [0.717, 1.165) is 6.54 Å². The van der Waals surface area contributed by atoms with Gasteiger partial charge in [0.2, 0.25) is 0 Å². The van der Waals surface area contributed by atoms with Crippen LogP contribution in [0.4, 0.5) is 5.69 Å². The number of piperidine rings is 1. The van der Waals surface area contributed by atoms with Gasteiger partial charge in [-0.25, -0.2) is 0 Å². The topological polar surface area (TPSA) is 30.9 Å². The van der Waals surface area contributed by atoms with Gasteiger partial charge in [0.1, 0.15) is 6.54 Å². The molecule has 0 spiro atoms. The van der Waals surface area contributed by atoms with Crippen LogP contribution in [0.2, 0.25) is 0 Å². The zero-order chi connectivity index (χ0) is 9.80. The van der Waals surface area contributed by atoms with Crippen molar-refractivity contribution < 1.29 is 5.73 Å². The van der Waals surface area contributed by atoms with Crippen LogP contribution in [0, 0.1) is 0 Å². The molecule has 0 saturated carbocycles. The Balaban J connectivity index is 2.20. The fourth-order valence-electron chi connectivity index (χ4n) is 2.17. The van der Waals surface area contributed by atoms with Gasteiger partial charge in [-0.1, -0.05) is 18.2 Å². The zero-order valence-corrected chi connectivity index (χ0v) is 8.71. The molecular formula is C12H19N2+. The van der Waals surface area contributed by atoms with Gasteiger partial charge in [-0.2, -0.15) is 0 Å². The number of rotatable bonds is 2. The lowest BCUT2D eigenvalue weighted by Gasteiger charge is -2.30. The Bertz CT molecular complexity index is 290. The summed E-state index contributed by atoms with van der Waals surface area (Å²) in [5.74, 6) is 0. The smallest absolute Gasteiger partial charge is 0.102 e. The second-order valence-electron chi connectivity index (χ2n) is 3.93. The van der Waals surface area contributed by atoms with Gasteiger partial charge >= 0.3 is 0 Å². The van der Waals surface area contributed by atoms with E-state index in [2.05, 4.69) is 34.9 Å². The molecule has 2 heteroatoms. The molecule has 1 heterocycles. The van der Waals surface area contributed by atoms with E-state index in [4.69, 9.17) is 0 Å². The van der Waals surface area contributed by atoms with Crippen molar-refractivity contribution in [3.05, 3.63) is 29.8 Å². The summed E-state index contributed by atoms with van der Waals surface area (Å²) >= 11 is 0. The van der Waals surface area contributed by atoms with Gasteiger partial charge in [-0.15, -0.1) is 0 Å². The van der Waals surface area contributed by atoms with Crippen LogP contribution in [0.3, 0.4) is 0 Å². The number of para-hydroxylation sites is 1. The average Bonchev–Trinajstić information content (AvgIpc) is 2.30. The molecule has 76 valence electrons. The van der Waals surface area contributed by atoms with E-state index in [9.17, 15) is 0 Å². The Labute approximate surface area is 85.7 Å². The summed E-state index contributed by atoms with van der Waals surface area (Å²) in [5, 5.41) is 0. The number of hydrogen-bond acceptors (Lipinski definition) is 1. The molecule has 14 heavy (non-hydrogen) atoms. The first-order valence-corrected chi connectivity index (χ1v) is 5.54. The zero-order valence-electron chi connectivity index (χ0n) is 8.71. The lowest BCUT2D eigenvalue weighted by Crippen LogP contribution is -2.48. The van der Waals surface area contributed by atoms with Crippen molar-refractivity contribution in [2.75, 3.05) is 18.0 Å². The molecule has 1 aromatic rings. The number of anilines is 1. The number of quaternary nitrogens is 1. The Morgan fingerprint density at radius 3 is 2.50 bits per heavy atom. The quantitative estimate of drug-likeness (QED) is 0.753. The molecule has 2 rings (SSSR count). The summed E-state index contributed by atoms with van der Waals surface area (Å²) in [6, 6.07) is 8.65. The molecule has 1 saturated heterocycles. The molecule has 0 amide bonds. The van der Waals surface area contributed by atoms with Crippen molar-refractivity contribution >= 4 is 5.69 Å². The highest BCUT2D eigenvalue weighted by atomic mass is 15.1. The molecule has 0 radical (unpaired) electrons. The lowest BCUT2D eigenvalue weighted by atomic mass is 10.1. The van der Waals surface area contributed by atoms with Crippen molar-refractivity contribution in [3.8, 4) is 0 Å². The first-order chi connectivity index (χ1) is 6.92. The number of hydrogen-bond donors (Lipinski definition) is 1. The summed E-state index contributed by atoms with van der Waals surface area (Å²) in [6.45, 7) is 3.33. The molecule has 0 bridgehead atoms. The van der Waals surface area contributed by atoms with Gasteiger partial charge in [-0.05, 0) is 25.3 Å². The van der Waals surface area contributed by atoms with Crippen LogP contribution < -0.4 is 10.6 Å². The van der Waals surface area contributed by atoms with E-state index in [1.807, 2.05) is 0 Å². The Morgan fingerprint density at radius 1 is 1.07 bits per heavy atom. The summed E-state index contributed by atoms with van der Waals surface area (Å²) < 4.78 is 0. The Hall–Kier alpha value is -1.02. The fourth-order valence-corrected chi connectivity index (χ4v) is 2.17. The molecule has 0 aromatic heterocycles. The van der Waals surface area contributed by atoms with Crippen LogP contribution >= 0.6 is 0 Å². The van der Waals surface area contributed by atoms with E-state index >= 15 is 0 Å². The predicted octanol–water partition coefficient (Wildman–Crippen LogP) is 1.42. The van der Waals surface area contributed by atoms with E-state index in [-0.39, 0.29) is 0 Å². The van der Waals surface area contributed by atoms with Crippen LogP contribution in [-0.4, -0.2) is 13.1 Å². The molecule has 0 unspecified atom stereocenters. The third-order valence-corrected chi connectivity index (χ3v) is 2.96. The third kappa shape index (κ3) is 1.90. The highest BCUT2D eigenvalue weighted by molar-refractivity contribution is 5.53. The number of benzene rings is 1. The van der Waals surface area contributed by atoms with Gasteiger partial charge < -0.3 is 10.6 Å². The lowest BCUT2D eigenvalue weighted by molar-refractivity contribution is -0.386. The molecule has 3 N–H and O–H groups in total. The van der Waals surface area contributed by atoms with E-state index in [1.54, 1.807) is 0 Å². The minimum absolute atomic E-state index is 0.896.